The number of nitrogens with one attached hydrogen (secondary N) is 3. The van der Waals surface area contributed by atoms with Crippen LogP contribution in [0.3, 0.4) is 0 Å². The number of amides is 1. The normalized spacial score (nSPS) is 14.8. The number of benzene rings is 1. The molecule has 0 fully saturated rings. The van der Waals surface area contributed by atoms with Crippen LogP contribution < -0.4 is 10.7 Å². The van der Waals surface area contributed by atoms with Gasteiger partial charge in [-0.1, -0.05) is 18.2 Å². The predicted molar refractivity (Wildman–Crippen MR) is 111 cm³/mol. The molecule has 1 amide bonds. The fourth-order valence-corrected chi connectivity index (χ4v) is 3.36. The quantitative estimate of drug-likeness (QED) is 0.563. The number of carbonyl (C=O) groups excluding carboxylic acids is 1. The summed E-state index contributed by atoms with van der Waals surface area (Å²) in [5, 5.41) is 15.3. The first-order chi connectivity index (χ1) is 14.1. The maximum absolute atomic E-state index is 12.3. The summed E-state index contributed by atoms with van der Waals surface area (Å²) in [6.07, 6.45) is 5.66. The molecule has 0 bridgehead atoms. The number of aryl methyl sites for hydroxylation is 1. The zero-order chi connectivity index (χ0) is 20.2. The molecule has 0 saturated carbocycles. The van der Waals surface area contributed by atoms with Gasteiger partial charge in [-0.25, -0.2) is 10.4 Å². The fourth-order valence-electron chi connectivity index (χ4n) is 3.36. The number of nitrogens with zero attached hydrogens (tertiary/aromatic N) is 4. The van der Waals surface area contributed by atoms with E-state index in [2.05, 4.69) is 42.9 Å². The Kier molecular flexibility index (Phi) is 5.15. The molecule has 0 radical (unpaired) electrons. The Morgan fingerprint density at radius 1 is 1.14 bits per heavy atom. The average Bonchev–Trinajstić information content (AvgIpc) is 3.24. The maximum atomic E-state index is 12.3. The van der Waals surface area contributed by atoms with Gasteiger partial charge in [-0.3, -0.25) is 4.79 Å². The van der Waals surface area contributed by atoms with E-state index in [4.69, 9.17) is 0 Å². The van der Waals surface area contributed by atoms with Crippen molar-refractivity contribution in [1.29, 1.82) is 0 Å². The first-order valence-corrected chi connectivity index (χ1v) is 9.34. The standard InChI is InChI=1S/C21H21N7O/c1-13-16(8-9-22-15-6-4-3-5-7-15)14(2)25-18(13)12-17-19(26-28-21(17)29)20-23-10-11-24-27-20/h3-7,10-12,22,25H,8-9H2,1-2H3,(H,28,29). The maximum Gasteiger partial charge on any atom is 0.273 e. The molecule has 1 aliphatic rings. The van der Waals surface area contributed by atoms with Gasteiger partial charge in [0.05, 0.1) is 11.8 Å². The molecule has 0 aliphatic carbocycles. The highest BCUT2D eigenvalue weighted by Gasteiger charge is 2.27. The zero-order valence-corrected chi connectivity index (χ0v) is 16.2. The lowest BCUT2D eigenvalue weighted by Gasteiger charge is -2.07. The van der Waals surface area contributed by atoms with Crippen molar-refractivity contribution in [3.63, 3.8) is 0 Å². The second-order valence-corrected chi connectivity index (χ2v) is 6.74. The summed E-state index contributed by atoms with van der Waals surface area (Å²) >= 11 is 0. The summed E-state index contributed by atoms with van der Waals surface area (Å²) in [4.78, 5) is 19.8. The minimum absolute atomic E-state index is 0.286. The minimum atomic E-state index is -0.286. The third-order valence-electron chi connectivity index (χ3n) is 4.86. The number of anilines is 1. The number of H-pyrrole nitrogens is 1. The van der Waals surface area contributed by atoms with E-state index in [1.807, 2.05) is 37.3 Å². The van der Waals surface area contributed by atoms with Crippen LogP contribution in [0.15, 0.2) is 53.4 Å². The van der Waals surface area contributed by atoms with E-state index in [-0.39, 0.29) is 5.91 Å². The minimum Gasteiger partial charge on any atom is -0.385 e. The van der Waals surface area contributed by atoms with Crippen LogP contribution in [0, 0.1) is 13.8 Å². The van der Waals surface area contributed by atoms with E-state index >= 15 is 0 Å². The van der Waals surface area contributed by atoms with Crippen LogP contribution in [0.25, 0.3) is 6.08 Å². The molecule has 0 atom stereocenters. The van der Waals surface area contributed by atoms with Gasteiger partial charge >= 0.3 is 0 Å². The summed E-state index contributed by atoms with van der Waals surface area (Å²) in [6, 6.07) is 10.1. The summed E-state index contributed by atoms with van der Waals surface area (Å²) < 4.78 is 0. The van der Waals surface area contributed by atoms with E-state index in [1.165, 1.54) is 18.0 Å². The molecule has 0 unspecified atom stereocenters. The van der Waals surface area contributed by atoms with Crippen LogP contribution in [0.4, 0.5) is 5.69 Å². The molecule has 3 aromatic rings. The lowest BCUT2D eigenvalue weighted by molar-refractivity contribution is -0.116. The first kappa shape index (κ1) is 18.5. The third kappa shape index (κ3) is 3.91. The third-order valence-corrected chi connectivity index (χ3v) is 4.86. The molecule has 1 aromatic carbocycles. The highest BCUT2D eigenvalue weighted by atomic mass is 16.2. The van der Waals surface area contributed by atoms with Crippen molar-refractivity contribution in [2.45, 2.75) is 20.3 Å². The van der Waals surface area contributed by atoms with Crippen LogP contribution >= 0.6 is 0 Å². The molecule has 0 saturated heterocycles. The number of hydrazone groups is 1. The van der Waals surface area contributed by atoms with Crippen LogP contribution in [0.5, 0.6) is 0 Å². The van der Waals surface area contributed by atoms with Crippen molar-refractivity contribution in [2.24, 2.45) is 5.10 Å². The molecular weight excluding hydrogens is 366 g/mol. The first-order valence-electron chi connectivity index (χ1n) is 9.34. The number of hydrogen-bond donors (Lipinski definition) is 3. The van der Waals surface area contributed by atoms with Gasteiger partial charge in [0.15, 0.2) is 0 Å². The van der Waals surface area contributed by atoms with Gasteiger partial charge in [0, 0.05) is 29.8 Å². The van der Waals surface area contributed by atoms with Gasteiger partial charge in [-0.2, -0.15) is 10.2 Å². The Morgan fingerprint density at radius 3 is 2.72 bits per heavy atom. The predicted octanol–water partition coefficient (Wildman–Crippen LogP) is 2.39. The largest absolute Gasteiger partial charge is 0.385 e. The Bertz CT molecular complexity index is 1080. The Balaban J connectivity index is 1.55. The van der Waals surface area contributed by atoms with E-state index in [9.17, 15) is 4.79 Å². The Morgan fingerprint density at radius 2 is 1.97 bits per heavy atom. The van der Waals surface area contributed by atoms with Gasteiger partial charge in [0.25, 0.3) is 5.91 Å². The molecular formula is C21H21N7O. The van der Waals surface area contributed by atoms with Crippen LogP contribution in [0.2, 0.25) is 0 Å². The zero-order valence-electron chi connectivity index (χ0n) is 16.2. The number of carbonyl (C=O) groups is 1. The smallest absolute Gasteiger partial charge is 0.273 e. The Labute approximate surface area is 168 Å². The van der Waals surface area contributed by atoms with Gasteiger partial charge in [-0.05, 0) is 49.6 Å². The molecule has 3 N–H and O–H groups in total. The van der Waals surface area contributed by atoms with E-state index in [1.54, 1.807) is 6.08 Å². The van der Waals surface area contributed by atoms with E-state index in [0.29, 0.717) is 17.1 Å². The highest BCUT2D eigenvalue weighted by Crippen LogP contribution is 2.23. The molecule has 3 heterocycles. The molecule has 1 aliphatic heterocycles. The van der Waals surface area contributed by atoms with Crippen molar-refractivity contribution in [2.75, 3.05) is 11.9 Å². The highest BCUT2D eigenvalue weighted by molar-refractivity contribution is 6.32. The van der Waals surface area contributed by atoms with E-state index in [0.717, 1.165) is 35.6 Å². The Hall–Kier alpha value is -3.81. The van der Waals surface area contributed by atoms with E-state index < -0.39 is 0 Å². The van der Waals surface area contributed by atoms with Crippen molar-refractivity contribution >= 4 is 23.4 Å². The second-order valence-electron chi connectivity index (χ2n) is 6.74. The summed E-state index contributed by atoms with van der Waals surface area (Å²) in [6.45, 7) is 4.91. The summed E-state index contributed by atoms with van der Waals surface area (Å²) in [5.41, 5.74) is 8.68. The topological polar surface area (TPSA) is 108 Å². The molecule has 8 nitrogen and oxygen atoms in total. The number of aromatic nitrogens is 4. The van der Waals surface area contributed by atoms with Crippen LogP contribution in [-0.4, -0.2) is 38.3 Å². The number of hydrogen-bond acceptors (Lipinski definition) is 6. The van der Waals surface area contributed by atoms with Crippen molar-refractivity contribution < 1.29 is 4.79 Å². The number of para-hydroxylation sites is 1. The van der Waals surface area contributed by atoms with Crippen molar-refractivity contribution in [3.05, 3.63) is 76.6 Å². The fraction of sp³-hybridized carbons (Fsp3) is 0.190. The lowest BCUT2D eigenvalue weighted by Crippen LogP contribution is -2.15. The SMILES string of the molecule is Cc1[nH]c(C=C2C(=O)NN=C2c2nccnn2)c(C)c1CCNc1ccccc1. The van der Waals surface area contributed by atoms with Gasteiger partial charge in [0.1, 0.15) is 5.71 Å². The molecule has 0 spiro atoms. The molecule has 2 aromatic heterocycles. The summed E-state index contributed by atoms with van der Waals surface area (Å²) in [5.74, 6) is 0.0247. The molecule has 4 rings (SSSR count). The molecule has 8 heteroatoms. The molecule has 29 heavy (non-hydrogen) atoms. The average molecular weight is 387 g/mol. The molecule has 146 valence electrons. The van der Waals surface area contributed by atoms with Gasteiger partial charge in [-0.15, -0.1) is 5.10 Å². The second kappa shape index (κ2) is 8.05. The monoisotopic (exact) mass is 387 g/mol. The lowest BCUT2D eigenvalue weighted by atomic mass is 10.0. The van der Waals surface area contributed by atoms with Crippen molar-refractivity contribution in [1.82, 2.24) is 25.6 Å². The summed E-state index contributed by atoms with van der Waals surface area (Å²) in [7, 11) is 0. The van der Waals surface area contributed by atoms with Crippen molar-refractivity contribution in [3.8, 4) is 0 Å². The van der Waals surface area contributed by atoms with Gasteiger partial charge in [0.2, 0.25) is 5.82 Å². The van der Waals surface area contributed by atoms with Gasteiger partial charge < -0.3 is 10.3 Å². The number of aromatic amines is 1. The number of rotatable bonds is 6. The van der Waals surface area contributed by atoms with Crippen LogP contribution in [0.1, 0.15) is 28.3 Å². The van der Waals surface area contributed by atoms with Crippen LogP contribution in [-0.2, 0) is 11.2 Å².